The van der Waals surface area contributed by atoms with Gasteiger partial charge in [0, 0.05) is 11.3 Å². The molecule has 0 aliphatic heterocycles. The molecule has 4 N–H and O–H groups in total. The number of aromatic nitrogens is 4. The molecule has 0 aliphatic carbocycles. The van der Waals surface area contributed by atoms with E-state index in [2.05, 4.69) is 19.9 Å². The number of aliphatic hydroxyl groups is 1. The minimum Gasteiger partial charge on any atom is -0.479 e. The third-order valence-electron chi connectivity index (χ3n) is 5.57. The number of nitrogen functional groups attached to an aromatic ring is 1. The minimum absolute atomic E-state index is 0.0835. The zero-order valence-corrected chi connectivity index (χ0v) is 20.2. The summed E-state index contributed by atoms with van der Waals surface area (Å²) in [7, 11) is 0. The Kier molecular flexibility index (Phi) is 7.26. The zero-order valence-electron chi connectivity index (χ0n) is 20.2. The van der Waals surface area contributed by atoms with E-state index in [4.69, 9.17) is 10.5 Å². The van der Waals surface area contributed by atoms with Gasteiger partial charge in [-0.1, -0.05) is 6.07 Å². The average Bonchev–Trinajstić information content (AvgIpc) is 2.87. The number of alkyl halides is 2. The van der Waals surface area contributed by atoms with Crippen molar-refractivity contribution in [3.8, 4) is 28.3 Å². The first kappa shape index (κ1) is 26.5. The van der Waals surface area contributed by atoms with Crippen molar-refractivity contribution in [1.82, 2.24) is 19.9 Å². The molecule has 1 unspecified atom stereocenters. The number of hydrogen-bond donors (Lipinski definition) is 3. The van der Waals surface area contributed by atoms with E-state index in [1.54, 1.807) is 13.0 Å². The summed E-state index contributed by atoms with van der Waals surface area (Å²) in [5.74, 6) is -2.25. The summed E-state index contributed by atoms with van der Waals surface area (Å²) >= 11 is 0. The molecule has 3 heterocycles. The van der Waals surface area contributed by atoms with Gasteiger partial charge < -0.3 is 20.7 Å². The Labute approximate surface area is 214 Å². The lowest BCUT2D eigenvalue weighted by molar-refractivity contribution is -0.158. The van der Waals surface area contributed by atoms with Crippen LogP contribution in [0.25, 0.3) is 22.4 Å². The van der Waals surface area contributed by atoms with Gasteiger partial charge in [-0.15, -0.1) is 0 Å². The highest BCUT2D eigenvalue weighted by Gasteiger charge is 2.34. The number of carboxylic acid groups (broad SMARTS) is 1. The number of carboxylic acids is 1. The molecule has 196 valence electrons. The molecule has 0 radical (unpaired) electrons. The summed E-state index contributed by atoms with van der Waals surface area (Å²) in [5.41, 5.74) is 4.74. The molecule has 0 spiro atoms. The van der Waals surface area contributed by atoms with Gasteiger partial charge in [0.2, 0.25) is 17.4 Å². The van der Waals surface area contributed by atoms with Gasteiger partial charge in [-0.05, 0) is 67.9 Å². The first-order chi connectivity index (χ1) is 18.0. The molecule has 38 heavy (non-hydrogen) atoms. The van der Waals surface area contributed by atoms with Crippen LogP contribution in [0.15, 0.2) is 54.6 Å². The second-order valence-corrected chi connectivity index (χ2v) is 8.52. The number of hydrogen-bond acceptors (Lipinski definition) is 8. The fourth-order valence-corrected chi connectivity index (χ4v) is 3.67. The van der Waals surface area contributed by atoms with Crippen LogP contribution in [-0.4, -0.2) is 36.1 Å². The molecule has 0 saturated carbocycles. The Hall–Kier alpha value is -4.58. The van der Waals surface area contributed by atoms with Crippen molar-refractivity contribution in [2.24, 2.45) is 0 Å². The van der Waals surface area contributed by atoms with E-state index >= 15 is 0 Å². The van der Waals surface area contributed by atoms with Gasteiger partial charge in [-0.25, -0.2) is 22.9 Å². The van der Waals surface area contributed by atoms with Crippen LogP contribution in [0.5, 0.6) is 5.88 Å². The number of carbonyl (C=O) groups is 1. The van der Waals surface area contributed by atoms with E-state index in [1.165, 1.54) is 48.5 Å². The molecule has 0 amide bonds. The molecular weight excluding hydrogens is 503 g/mol. The van der Waals surface area contributed by atoms with Gasteiger partial charge in [0.05, 0.1) is 22.6 Å². The second kappa shape index (κ2) is 10.4. The first-order valence-electron chi connectivity index (χ1n) is 11.2. The van der Waals surface area contributed by atoms with Gasteiger partial charge in [0.15, 0.2) is 0 Å². The predicted octanol–water partition coefficient (Wildman–Crippen LogP) is 4.44. The lowest BCUT2D eigenvalue weighted by Gasteiger charge is -2.19. The fourth-order valence-electron chi connectivity index (χ4n) is 3.67. The van der Waals surface area contributed by atoms with E-state index in [-0.39, 0.29) is 46.6 Å². The standard InChI is InChI=1S/C26H22F3N5O4/c1-13-10-15(11-18(31-13)22(28)29)20-21(14-6-8-16(27)9-7-14)33-25(30)34-23(20)38-12-17-4-3-5-19(32-17)26(2,37)24(35)36/h3-11,22,37H,12H2,1-2H3,(H,35,36)(H2,30,33,34). The van der Waals surface area contributed by atoms with Crippen molar-refractivity contribution in [3.05, 3.63) is 83.2 Å². The van der Waals surface area contributed by atoms with Gasteiger partial charge >= 0.3 is 5.97 Å². The maximum Gasteiger partial charge on any atom is 0.341 e. The molecule has 1 atom stereocenters. The number of nitrogens with zero attached hydrogens (tertiary/aromatic N) is 4. The van der Waals surface area contributed by atoms with Gasteiger partial charge in [-0.2, -0.15) is 4.98 Å². The van der Waals surface area contributed by atoms with Crippen LogP contribution in [-0.2, 0) is 17.0 Å². The van der Waals surface area contributed by atoms with Crippen molar-refractivity contribution in [1.29, 1.82) is 0 Å². The highest BCUT2D eigenvalue weighted by atomic mass is 19.3. The SMILES string of the molecule is Cc1cc(-c2c(OCc3cccc(C(C)(O)C(=O)O)n3)nc(N)nc2-c2ccc(F)cc2)cc(C(F)F)n1. The maximum absolute atomic E-state index is 13.6. The van der Waals surface area contributed by atoms with Crippen molar-refractivity contribution < 1.29 is 32.9 Å². The predicted molar refractivity (Wildman–Crippen MR) is 131 cm³/mol. The molecule has 0 aliphatic rings. The number of anilines is 1. The molecule has 0 bridgehead atoms. The third kappa shape index (κ3) is 5.54. The van der Waals surface area contributed by atoms with Gasteiger partial charge in [0.25, 0.3) is 6.43 Å². The van der Waals surface area contributed by atoms with E-state index in [0.717, 1.165) is 6.92 Å². The summed E-state index contributed by atoms with van der Waals surface area (Å²) in [6.07, 6.45) is -2.85. The molecule has 4 aromatic rings. The van der Waals surface area contributed by atoms with Crippen LogP contribution in [0.1, 0.15) is 36.1 Å². The molecule has 0 saturated heterocycles. The Morgan fingerprint density at radius 2 is 1.76 bits per heavy atom. The Balaban J connectivity index is 1.84. The number of halogens is 3. The van der Waals surface area contributed by atoms with Crippen LogP contribution in [0.2, 0.25) is 0 Å². The normalized spacial score (nSPS) is 12.8. The smallest absolute Gasteiger partial charge is 0.341 e. The Bertz CT molecular complexity index is 1500. The number of benzene rings is 1. The lowest BCUT2D eigenvalue weighted by Crippen LogP contribution is -2.33. The summed E-state index contributed by atoms with van der Waals surface area (Å²) in [5, 5.41) is 19.5. The average molecular weight is 525 g/mol. The zero-order chi connectivity index (χ0) is 27.6. The topological polar surface area (TPSA) is 144 Å². The highest BCUT2D eigenvalue weighted by Crippen LogP contribution is 2.39. The number of rotatable bonds is 8. The summed E-state index contributed by atoms with van der Waals surface area (Å²) in [6.45, 7) is 2.39. The van der Waals surface area contributed by atoms with Crippen molar-refractivity contribution in [3.63, 3.8) is 0 Å². The molecule has 9 nitrogen and oxygen atoms in total. The van der Waals surface area contributed by atoms with E-state index in [1.807, 2.05) is 0 Å². The Morgan fingerprint density at radius 3 is 2.42 bits per heavy atom. The minimum atomic E-state index is -2.85. The monoisotopic (exact) mass is 525 g/mol. The second-order valence-electron chi connectivity index (χ2n) is 8.52. The fraction of sp³-hybridized carbons (Fsp3) is 0.192. The summed E-state index contributed by atoms with van der Waals surface area (Å²) in [4.78, 5) is 27.9. The van der Waals surface area contributed by atoms with Crippen molar-refractivity contribution >= 4 is 11.9 Å². The molecule has 3 aromatic heterocycles. The Morgan fingerprint density at radius 1 is 1.05 bits per heavy atom. The van der Waals surface area contributed by atoms with Crippen LogP contribution >= 0.6 is 0 Å². The number of pyridine rings is 2. The molecule has 12 heteroatoms. The number of nitrogens with two attached hydrogens (primary N) is 1. The summed E-state index contributed by atoms with van der Waals surface area (Å²) < 4.78 is 46.7. The highest BCUT2D eigenvalue weighted by molar-refractivity contribution is 5.85. The van der Waals surface area contributed by atoms with Crippen LogP contribution in [0.3, 0.4) is 0 Å². The number of aryl methyl sites for hydroxylation is 1. The maximum atomic E-state index is 13.6. The van der Waals surface area contributed by atoms with Crippen molar-refractivity contribution in [2.75, 3.05) is 5.73 Å². The van der Waals surface area contributed by atoms with Crippen LogP contribution in [0, 0.1) is 12.7 Å². The molecule has 1 aromatic carbocycles. The van der Waals surface area contributed by atoms with Crippen LogP contribution < -0.4 is 10.5 Å². The number of aliphatic carboxylic acids is 1. The summed E-state index contributed by atoms with van der Waals surface area (Å²) in [6, 6.07) is 12.4. The molecule has 0 fully saturated rings. The molecular formula is C26H22F3N5O4. The third-order valence-corrected chi connectivity index (χ3v) is 5.57. The van der Waals surface area contributed by atoms with Gasteiger partial charge in [0.1, 0.15) is 18.1 Å². The van der Waals surface area contributed by atoms with E-state index in [9.17, 15) is 28.2 Å². The van der Waals surface area contributed by atoms with E-state index in [0.29, 0.717) is 11.3 Å². The van der Waals surface area contributed by atoms with Gasteiger partial charge in [-0.3, -0.25) is 9.97 Å². The largest absolute Gasteiger partial charge is 0.479 e. The van der Waals surface area contributed by atoms with Crippen LogP contribution in [0.4, 0.5) is 19.1 Å². The molecule has 4 rings (SSSR count). The number of ether oxygens (including phenoxy) is 1. The first-order valence-corrected chi connectivity index (χ1v) is 11.2. The van der Waals surface area contributed by atoms with Crippen molar-refractivity contribution in [2.45, 2.75) is 32.5 Å². The van der Waals surface area contributed by atoms with E-state index < -0.39 is 29.5 Å². The quantitative estimate of drug-likeness (QED) is 0.304. The lowest BCUT2D eigenvalue weighted by atomic mass is 9.99.